The Morgan fingerprint density at radius 1 is 1.50 bits per heavy atom. The van der Waals surface area contributed by atoms with E-state index in [4.69, 9.17) is 5.11 Å². The van der Waals surface area contributed by atoms with Crippen LogP contribution >= 0.6 is 27.3 Å². The summed E-state index contributed by atoms with van der Waals surface area (Å²) in [6.45, 7) is 1.66. The second-order valence-electron chi connectivity index (χ2n) is 3.10. The van der Waals surface area contributed by atoms with Crippen LogP contribution in [-0.4, -0.2) is 21.0 Å². The minimum atomic E-state index is -1.00. The first-order valence-electron chi connectivity index (χ1n) is 4.40. The van der Waals surface area contributed by atoms with Crippen LogP contribution in [0.3, 0.4) is 0 Å². The highest BCUT2D eigenvalue weighted by atomic mass is 79.9. The maximum absolute atomic E-state index is 10.8. The lowest BCUT2D eigenvalue weighted by Crippen LogP contribution is -2.03. The Kier molecular flexibility index (Phi) is 3.02. The lowest BCUT2D eigenvalue weighted by molar-refractivity contribution is 0.0695. The zero-order chi connectivity index (χ0) is 11.7. The third-order valence-corrected chi connectivity index (χ3v) is 3.62. The van der Waals surface area contributed by atoms with Crippen molar-refractivity contribution in [2.45, 2.75) is 6.92 Å². The van der Waals surface area contributed by atoms with Crippen LogP contribution in [0, 0.1) is 6.92 Å². The first-order chi connectivity index (χ1) is 7.58. The fourth-order valence-corrected chi connectivity index (χ4v) is 2.56. The average molecular weight is 299 g/mol. The van der Waals surface area contributed by atoms with E-state index in [9.17, 15) is 4.79 Å². The van der Waals surface area contributed by atoms with Crippen LogP contribution in [-0.2, 0) is 0 Å². The van der Waals surface area contributed by atoms with Crippen LogP contribution in [0.5, 0.6) is 0 Å². The van der Waals surface area contributed by atoms with E-state index in [1.807, 2.05) is 12.1 Å². The van der Waals surface area contributed by atoms with E-state index in [0.29, 0.717) is 11.5 Å². The molecule has 0 aromatic carbocycles. The van der Waals surface area contributed by atoms with Gasteiger partial charge in [-0.05, 0) is 35.0 Å². The van der Waals surface area contributed by atoms with Crippen LogP contribution in [0.1, 0.15) is 16.1 Å². The molecule has 0 aliphatic heterocycles. The Balaban J connectivity index is 2.45. The number of aryl methyl sites for hydroxylation is 1. The summed E-state index contributed by atoms with van der Waals surface area (Å²) in [6, 6.07) is 3.80. The minimum Gasteiger partial charge on any atom is -0.478 e. The van der Waals surface area contributed by atoms with Crippen LogP contribution < -0.4 is 0 Å². The predicted molar refractivity (Wildman–Crippen MR) is 64.7 cm³/mol. The molecule has 0 unspecified atom stereocenters. The molecule has 0 radical (unpaired) electrons. The van der Waals surface area contributed by atoms with Gasteiger partial charge in [0.2, 0.25) is 0 Å². The quantitative estimate of drug-likeness (QED) is 0.926. The summed E-state index contributed by atoms with van der Waals surface area (Å²) in [5.41, 5.74) is 0.612. The zero-order valence-electron chi connectivity index (χ0n) is 8.27. The largest absolute Gasteiger partial charge is 0.478 e. The molecule has 0 saturated heterocycles. The van der Waals surface area contributed by atoms with Crippen molar-refractivity contribution in [3.8, 4) is 10.7 Å². The zero-order valence-corrected chi connectivity index (χ0v) is 10.7. The fourth-order valence-electron chi connectivity index (χ4n) is 1.23. The molecule has 0 fully saturated rings. The Bertz CT molecular complexity index is 554. The summed E-state index contributed by atoms with van der Waals surface area (Å²) < 4.78 is 0.992. The number of aromatic nitrogens is 2. The Morgan fingerprint density at radius 2 is 2.25 bits per heavy atom. The van der Waals surface area contributed by atoms with E-state index in [-0.39, 0.29) is 5.56 Å². The van der Waals surface area contributed by atoms with E-state index in [1.165, 1.54) is 17.5 Å². The van der Waals surface area contributed by atoms with Gasteiger partial charge in [-0.25, -0.2) is 14.8 Å². The fraction of sp³-hybridized carbons (Fsp3) is 0.100. The van der Waals surface area contributed by atoms with Crippen LogP contribution in [0.2, 0.25) is 0 Å². The van der Waals surface area contributed by atoms with Gasteiger partial charge in [0.1, 0.15) is 0 Å². The van der Waals surface area contributed by atoms with E-state index < -0.39 is 5.97 Å². The Hall–Kier alpha value is -1.27. The normalized spacial score (nSPS) is 10.4. The van der Waals surface area contributed by atoms with Gasteiger partial charge in [-0.15, -0.1) is 11.3 Å². The van der Waals surface area contributed by atoms with E-state index in [2.05, 4.69) is 25.9 Å². The van der Waals surface area contributed by atoms with E-state index >= 15 is 0 Å². The number of halogens is 1. The molecule has 0 aliphatic carbocycles. The predicted octanol–water partition coefficient (Wildman–Crippen LogP) is 2.97. The van der Waals surface area contributed by atoms with Crippen molar-refractivity contribution in [3.05, 3.63) is 33.4 Å². The SMILES string of the molecule is Cc1nc(-c2ccc(Br)s2)ncc1C(=O)O. The van der Waals surface area contributed by atoms with Crippen molar-refractivity contribution in [2.75, 3.05) is 0 Å². The topological polar surface area (TPSA) is 63.1 Å². The van der Waals surface area contributed by atoms with Crippen molar-refractivity contribution in [2.24, 2.45) is 0 Å². The number of carboxylic acids is 1. The average Bonchev–Trinajstić information content (AvgIpc) is 2.64. The summed E-state index contributed by atoms with van der Waals surface area (Å²) in [5.74, 6) is -0.449. The summed E-state index contributed by atoms with van der Waals surface area (Å²) >= 11 is 4.86. The van der Waals surface area contributed by atoms with Gasteiger partial charge in [0.15, 0.2) is 5.82 Å². The number of carboxylic acid groups (broad SMARTS) is 1. The van der Waals surface area contributed by atoms with Gasteiger partial charge in [0.25, 0.3) is 0 Å². The molecular formula is C10H7BrN2O2S. The van der Waals surface area contributed by atoms with Gasteiger partial charge in [-0.3, -0.25) is 0 Å². The second-order valence-corrected chi connectivity index (χ2v) is 5.56. The molecule has 0 bridgehead atoms. The molecular weight excluding hydrogens is 292 g/mol. The molecule has 2 aromatic heterocycles. The van der Waals surface area contributed by atoms with Gasteiger partial charge in [0, 0.05) is 6.20 Å². The van der Waals surface area contributed by atoms with E-state index in [1.54, 1.807) is 6.92 Å². The van der Waals surface area contributed by atoms with Crippen molar-refractivity contribution in [1.82, 2.24) is 9.97 Å². The number of hydrogen-bond donors (Lipinski definition) is 1. The number of thiophene rings is 1. The lowest BCUT2D eigenvalue weighted by Gasteiger charge is -2.01. The Labute approximate surface area is 104 Å². The monoisotopic (exact) mass is 298 g/mol. The number of nitrogens with zero attached hydrogens (tertiary/aromatic N) is 2. The highest BCUT2D eigenvalue weighted by molar-refractivity contribution is 9.11. The number of aromatic carboxylic acids is 1. The van der Waals surface area contributed by atoms with Gasteiger partial charge < -0.3 is 5.11 Å². The molecule has 0 spiro atoms. The summed E-state index contributed by atoms with van der Waals surface area (Å²) in [5, 5.41) is 8.85. The maximum Gasteiger partial charge on any atom is 0.339 e. The van der Waals surface area contributed by atoms with Crippen molar-refractivity contribution >= 4 is 33.2 Å². The molecule has 1 N–H and O–H groups in total. The minimum absolute atomic E-state index is 0.138. The lowest BCUT2D eigenvalue weighted by atomic mass is 10.2. The van der Waals surface area contributed by atoms with Crippen LogP contribution in [0.25, 0.3) is 10.7 Å². The maximum atomic E-state index is 10.8. The molecule has 2 heterocycles. The van der Waals surface area contributed by atoms with Gasteiger partial charge >= 0.3 is 5.97 Å². The smallest absolute Gasteiger partial charge is 0.339 e. The van der Waals surface area contributed by atoms with Crippen LogP contribution in [0.15, 0.2) is 22.1 Å². The molecule has 16 heavy (non-hydrogen) atoms. The molecule has 0 amide bonds. The molecule has 2 rings (SSSR count). The molecule has 0 aliphatic rings. The molecule has 82 valence electrons. The molecule has 0 atom stereocenters. The van der Waals surface area contributed by atoms with Crippen molar-refractivity contribution in [3.63, 3.8) is 0 Å². The molecule has 0 saturated carbocycles. The summed E-state index contributed by atoms with van der Waals surface area (Å²) in [7, 11) is 0. The highest BCUT2D eigenvalue weighted by Crippen LogP contribution is 2.29. The number of carbonyl (C=O) groups is 1. The first-order valence-corrected chi connectivity index (χ1v) is 6.01. The standard InChI is InChI=1S/C10H7BrN2O2S/c1-5-6(10(14)15)4-12-9(13-5)7-2-3-8(11)16-7/h2-4H,1H3,(H,14,15). The number of hydrogen-bond acceptors (Lipinski definition) is 4. The Morgan fingerprint density at radius 3 is 2.75 bits per heavy atom. The van der Waals surface area contributed by atoms with Crippen LogP contribution in [0.4, 0.5) is 0 Å². The first kappa shape index (κ1) is 11.2. The third kappa shape index (κ3) is 2.12. The van der Waals surface area contributed by atoms with Crippen molar-refractivity contribution < 1.29 is 9.90 Å². The van der Waals surface area contributed by atoms with Gasteiger partial charge in [-0.2, -0.15) is 0 Å². The highest BCUT2D eigenvalue weighted by Gasteiger charge is 2.11. The van der Waals surface area contributed by atoms with Gasteiger partial charge in [-0.1, -0.05) is 0 Å². The van der Waals surface area contributed by atoms with E-state index in [0.717, 1.165) is 8.66 Å². The van der Waals surface area contributed by atoms with Gasteiger partial charge in [0.05, 0.1) is 19.9 Å². The summed E-state index contributed by atoms with van der Waals surface area (Å²) in [6.07, 6.45) is 1.34. The molecule has 6 heteroatoms. The molecule has 2 aromatic rings. The van der Waals surface area contributed by atoms with Crippen molar-refractivity contribution in [1.29, 1.82) is 0 Å². The third-order valence-electron chi connectivity index (χ3n) is 2.00. The number of rotatable bonds is 2. The molecule has 4 nitrogen and oxygen atoms in total. The summed E-state index contributed by atoms with van der Waals surface area (Å²) in [4.78, 5) is 19.9. The second kappa shape index (κ2) is 4.31.